The lowest BCUT2D eigenvalue weighted by Crippen LogP contribution is -1.97. The van der Waals surface area contributed by atoms with Gasteiger partial charge in [0.2, 0.25) is 4.77 Å². The van der Waals surface area contributed by atoms with E-state index < -0.39 is 0 Å². The molecular weight excluding hydrogens is 364 g/mol. The van der Waals surface area contributed by atoms with Crippen LogP contribution in [0.1, 0.15) is 19.4 Å². The summed E-state index contributed by atoms with van der Waals surface area (Å²) in [4.78, 5) is 0. The first kappa shape index (κ1) is 18.7. The van der Waals surface area contributed by atoms with Gasteiger partial charge in [-0.1, -0.05) is 12.1 Å². The molecule has 0 fully saturated rings. The van der Waals surface area contributed by atoms with E-state index in [1.54, 1.807) is 24.4 Å². The number of nitrogens with one attached hydrogen (secondary N) is 1. The SMILES string of the molecule is CCOc1cccc(-c2n[nH]c(=S)n2/N=C\c2ccc(O)c(OCC)c2)c1. The summed E-state index contributed by atoms with van der Waals surface area (Å²) in [6.07, 6.45) is 1.63. The molecule has 1 aromatic heterocycles. The van der Waals surface area contributed by atoms with Crippen molar-refractivity contribution in [1.82, 2.24) is 14.9 Å². The number of hydrogen-bond acceptors (Lipinski definition) is 6. The van der Waals surface area contributed by atoms with Crippen molar-refractivity contribution in [1.29, 1.82) is 0 Å². The smallest absolute Gasteiger partial charge is 0.216 e. The molecule has 0 aliphatic carbocycles. The van der Waals surface area contributed by atoms with Gasteiger partial charge in [-0.2, -0.15) is 14.9 Å². The van der Waals surface area contributed by atoms with Crippen molar-refractivity contribution >= 4 is 18.4 Å². The largest absolute Gasteiger partial charge is 0.504 e. The summed E-state index contributed by atoms with van der Waals surface area (Å²) in [6.45, 7) is 4.83. The summed E-state index contributed by atoms with van der Waals surface area (Å²) in [5, 5.41) is 21.3. The average Bonchev–Trinajstić information content (AvgIpc) is 3.04. The number of aromatic amines is 1. The molecule has 140 valence electrons. The monoisotopic (exact) mass is 384 g/mol. The maximum Gasteiger partial charge on any atom is 0.216 e. The Morgan fingerprint density at radius 3 is 2.78 bits per heavy atom. The van der Waals surface area contributed by atoms with Crippen molar-refractivity contribution < 1.29 is 14.6 Å². The predicted molar refractivity (Wildman–Crippen MR) is 106 cm³/mol. The standard InChI is InChI=1S/C19H20N4O3S/c1-3-25-15-7-5-6-14(11-15)18-21-22-19(27)23(18)20-12-13-8-9-16(24)17(10-13)26-4-2/h5-12,24H,3-4H2,1-2H3,(H,22,27)/b20-12-. The van der Waals surface area contributed by atoms with Crippen molar-refractivity contribution in [3.63, 3.8) is 0 Å². The van der Waals surface area contributed by atoms with E-state index in [1.165, 1.54) is 4.68 Å². The minimum Gasteiger partial charge on any atom is -0.504 e. The van der Waals surface area contributed by atoms with E-state index >= 15 is 0 Å². The third kappa shape index (κ3) is 4.35. The molecule has 0 bridgehead atoms. The second-order valence-corrected chi connectivity index (χ2v) is 5.92. The Labute approximate surface area is 161 Å². The lowest BCUT2D eigenvalue weighted by Gasteiger charge is -2.07. The van der Waals surface area contributed by atoms with E-state index in [1.807, 2.05) is 38.1 Å². The van der Waals surface area contributed by atoms with Crippen LogP contribution in [0.5, 0.6) is 17.2 Å². The van der Waals surface area contributed by atoms with Gasteiger partial charge >= 0.3 is 0 Å². The van der Waals surface area contributed by atoms with Gasteiger partial charge in [0.15, 0.2) is 17.3 Å². The fourth-order valence-corrected chi connectivity index (χ4v) is 2.66. The van der Waals surface area contributed by atoms with Gasteiger partial charge in [0.1, 0.15) is 5.75 Å². The van der Waals surface area contributed by atoms with Crippen LogP contribution < -0.4 is 9.47 Å². The number of ether oxygens (including phenoxy) is 2. The highest BCUT2D eigenvalue weighted by Crippen LogP contribution is 2.26. The molecule has 3 rings (SSSR count). The summed E-state index contributed by atoms with van der Waals surface area (Å²) < 4.78 is 12.8. The van der Waals surface area contributed by atoms with Gasteiger partial charge in [-0.05, 0) is 62.0 Å². The first-order chi connectivity index (χ1) is 13.1. The van der Waals surface area contributed by atoms with Gasteiger partial charge in [0.25, 0.3) is 0 Å². The van der Waals surface area contributed by atoms with Crippen molar-refractivity contribution in [3.8, 4) is 28.6 Å². The molecule has 2 aromatic carbocycles. The number of aromatic hydroxyl groups is 1. The first-order valence-electron chi connectivity index (χ1n) is 8.53. The van der Waals surface area contributed by atoms with Gasteiger partial charge in [-0.15, -0.1) is 0 Å². The highest BCUT2D eigenvalue weighted by molar-refractivity contribution is 7.71. The lowest BCUT2D eigenvalue weighted by atomic mass is 10.2. The molecule has 0 radical (unpaired) electrons. The Morgan fingerprint density at radius 1 is 1.19 bits per heavy atom. The zero-order valence-electron chi connectivity index (χ0n) is 15.0. The number of phenolic OH excluding ortho intramolecular Hbond substituents is 1. The van der Waals surface area contributed by atoms with Gasteiger partial charge in [-0.25, -0.2) is 5.10 Å². The van der Waals surface area contributed by atoms with E-state index in [9.17, 15) is 5.11 Å². The number of rotatable bonds is 7. The zero-order chi connectivity index (χ0) is 19.2. The van der Waals surface area contributed by atoms with Crippen LogP contribution in [0.25, 0.3) is 11.4 Å². The van der Waals surface area contributed by atoms with Crippen LogP contribution in [0.2, 0.25) is 0 Å². The number of nitrogens with zero attached hydrogens (tertiary/aromatic N) is 3. The minimum absolute atomic E-state index is 0.0855. The number of benzene rings is 2. The highest BCUT2D eigenvalue weighted by Gasteiger charge is 2.09. The van der Waals surface area contributed by atoms with Gasteiger partial charge in [0.05, 0.1) is 19.4 Å². The Hall–Kier alpha value is -3.13. The molecule has 8 heteroatoms. The minimum atomic E-state index is 0.0855. The molecule has 1 heterocycles. The van der Waals surface area contributed by atoms with Crippen LogP contribution >= 0.6 is 12.2 Å². The van der Waals surface area contributed by atoms with Crippen LogP contribution in [0.4, 0.5) is 0 Å². The van der Waals surface area contributed by atoms with Gasteiger partial charge < -0.3 is 14.6 Å². The summed E-state index contributed by atoms with van der Waals surface area (Å²) in [5.41, 5.74) is 1.58. The van der Waals surface area contributed by atoms with Crippen LogP contribution in [0.15, 0.2) is 47.6 Å². The van der Waals surface area contributed by atoms with Crippen molar-refractivity contribution in [2.45, 2.75) is 13.8 Å². The molecule has 0 unspecified atom stereocenters. The molecule has 0 spiro atoms. The van der Waals surface area contributed by atoms with Crippen molar-refractivity contribution in [3.05, 3.63) is 52.8 Å². The highest BCUT2D eigenvalue weighted by atomic mass is 32.1. The molecule has 27 heavy (non-hydrogen) atoms. The number of phenols is 1. The molecule has 0 aliphatic rings. The number of hydrogen-bond donors (Lipinski definition) is 2. The average molecular weight is 384 g/mol. The summed E-state index contributed by atoms with van der Waals surface area (Å²) in [6, 6.07) is 12.6. The van der Waals surface area contributed by atoms with Crippen LogP contribution in [0, 0.1) is 4.77 Å². The zero-order valence-corrected chi connectivity index (χ0v) is 15.9. The second-order valence-electron chi connectivity index (χ2n) is 5.53. The first-order valence-corrected chi connectivity index (χ1v) is 8.94. The number of aromatic nitrogens is 3. The fourth-order valence-electron chi connectivity index (χ4n) is 2.48. The molecule has 0 aliphatic heterocycles. The quantitative estimate of drug-likeness (QED) is 0.475. The maximum atomic E-state index is 9.81. The second kappa shape index (κ2) is 8.50. The molecule has 0 atom stereocenters. The van der Waals surface area contributed by atoms with E-state index in [0.29, 0.717) is 29.6 Å². The van der Waals surface area contributed by atoms with Gasteiger partial charge in [-0.3, -0.25) is 0 Å². The van der Waals surface area contributed by atoms with Crippen molar-refractivity contribution in [2.75, 3.05) is 13.2 Å². The predicted octanol–water partition coefficient (Wildman–Crippen LogP) is 3.99. The molecule has 3 aromatic rings. The third-order valence-electron chi connectivity index (χ3n) is 3.66. The third-order valence-corrected chi connectivity index (χ3v) is 3.92. The van der Waals surface area contributed by atoms with E-state index in [2.05, 4.69) is 15.3 Å². The summed E-state index contributed by atoms with van der Waals surface area (Å²) in [7, 11) is 0. The number of H-pyrrole nitrogens is 1. The summed E-state index contributed by atoms with van der Waals surface area (Å²) in [5.74, 6) is 1.81. The van der Waals surface area contributed by atoms with Crippen LogP contribution in [-0.4, -0.2) is 39.4 Å². The van der Waals surface area contributed by atoms with E-state index in [4.69, 9.17) is 21.7 Å². The maximum absolute atomic E-state index is 9.81. The van der Waals surface area contributed by atoms with Crippen LogP contribution in [0.3, 0.4) is 0 Å². The van der Waals surface area contributed by atoms with Crippen molar-refractivity contribution in [2.24, 2.45) is 5.10 Å². The normalized spacial score (nSPS) is 11.0. The molecule has 0 saturated carbocycles. The summed E-state index contributed by atoms with van der Waals surface area (Å²) >= 11 is 5.30. The molecule has 0 amide bonds. The molecule has 0 saturated heterocycles. The fraction of sp³-hybridized carbons (Fsp3) is 0.211. The molecule has 2 N–H and O–H groups in total. The van der Waals surface area contributed by atoms with E-state index in [0.717, 1.165) is 16.9 Å². The molecule has 7 nitrogen and oxygen atoms in total. The van der Waals surface area contributed by atoms with Gasteiger partial charge in [0, 0.05) is 5.56 Å². The Kier molecular flexibility index (Phi) is 5.87. The van der Waals surface area contributed by atoms with E-state index in [-0.39, 0.29) is 5.75 Å². The Morgan fingerprint density at radius 2 is 2.00 bits per heavy atom. The Balaban J connectivity index is 1.94. The Bertz CT molecular complexity index is 1010. The topological polar surface area (TPSA) is 84.7 Å². The molecular formula is C19H20N4O3S. The van der Waals surface area contributed by atoms with Crippen LogP contribution in [-0.2, 0) is 0 Å². The lowest BCUT2D eigenvalue weighted by molar-refractivity contribution is 0.318.